The van der Waals surface area contributed by atoms with Crippen LogP contribution in [0.1, 0.15) is 56.9 Å². The fraction of sp³-hybridized carbons (Fsp3) is 0.562. The van der Waals surface area contributed by atoms with Crippen molar-refractivity contribution in [3.8, 4) is 0 Å². The zero-order valence-electron chi connectivity index (χ0n) is 11.5. The summed E-state index contributed by atoms with van der Waals surface area (Å²) in [5.41, 5.74) is 1.20. The highest BCUT2D eigenvalue weighted by Gasteiger charge is 2.33. The van der Waals surface area contributed by atoms with Gasteiger partial charge in [-0.1, -0.05) is 13.3 Å². The van der Waals surface area contributed by atoms with E-state index in [0.29, 0.717) is 25.2 Å². The average Bonchev–Trinajstić information content (AvgIpc) is 2.46. The molecule has 1 saturated carbocycles. The van der Waals surface area contributed by atoms with E-state index >= 15 is 0 Å². The minimum atomic E-state index is -0.363. The van der Waals surface area contributed by atoms with Crippen molar-refractivity contribution in [1.82, 2.24) is 4.98 Å². The van der Waals surface area contributed by atoms with Crippen LogP contribution in [0.5, 0.6) is 0 Å². The first-order valence-electron chi connectivity index (χ1n) is 7.17. The number of hydrogen-bond donors (Lipinski definition) is 0. The van der Waals surface area contributed by atoms with Crippen LogP contribution < -0.4 is 0 Å². The Morgan fingerprint density at radius 1 is 1.37 bits per heavy atom. The molecule has 1 aromatic rings. The Labute approximate surface area is 114 Å². The zero-order chi connectivity index (χ0) is 13.7. The van der Waals surface area contributed by atoms with Crippen molar-refractivity contribution in [2.45, 2.75) is 51.4 Å². The van der Waals surface area contributed by atoms with E-state index in [4.69, 9.17) is 0 Å². The van der Waals surface area contributed by atoms with Crippen LogP contribution in [0.2, 0.25) is 0 Å². The van der Waals surface area contributed by atoms with E-state index in [-0.39, 0.29) is 17.5 Å². The summed E-state index contributed by atoms with van der Waals surface area (Å²) in [6.07, 6.45) is 8.08. The quantitative estimate of drug-likeness (QED) is 0.762. The van der Waals surface area contributed by atoms with Gasteiger partial charge in [-0.15, -0.1) is 0 Å². The number of Topliss-reactive ketones (excluding diaryl/α,β-unsaturated/α-hetero) is 2. The lowest BCUT2D eigenvalue weighted by Gasteiger charge is -2.27. The third-order valence-electron chi connectivity index (χ3n) is 3.99. The molecule has 19 heavy (non-hydrogen) atoms. The summed E-state index contributed by atoms with van der Waals surface area (Å²) in [5.74, 6) is 0.256. The second-order valence-corrected chi connectivity index (χ2v) is 5.34. The van der Waals surface area contributed by atoms with Crippen molar-refractivity contribution in [2.24, 2.45) is 5.92 Å². The van der Waals surface area contributed by atoms with E-state index in [9.17, 15) is 9.59 Å². The molecule has 0 saturated heterocycles. The SMILES string of the molecule is CCCCC(=O)C1CC(c2ccncc2)CCC1=O. The molecule has 0 amide bonds. The Kier molecular flexibility index (Phi) is 4.83. The maximum Gasteiger partial charge on any atom is 0.143 e. The van der Waals surface area contributed by atoms with Crippen LogP contribution in [0.3, 0.4) is 0 Å². The highest BCUT2D eigenvalue weighted by Crippen LogP contribution is 2.35. The molecule has 0 N–H and O–H groups in total. The fourth-order valence-corrected chi connectivity index (χ4v) is 2.80. The van der Waals surface area contributed by atoms with Gasteiger partial charge in [0.25, 0.3) is 0 Å². The number of rotatable bonds is 5. The smallest absolute Gasteiger partial charge is 0.143 e. The van der Waals surface area contributed by atoms with E-state index in [1.54, 1.807) is 12.4 Å². The van der Waals surface area contributed by atoms with Gasteiger partial charge in [-0.2, -0.15) is 0 Å². The third kappa shape index (κ3) is 3.49. The van der Waals surface area contributed by atoms with Gasteiger partial charge in [0.05, 0.1) is 5.92 Å². The molecule has 0 aliphatic heterocycles. The molecule has 2 atom stereocenters. The van der Waals surface area contributed by atoms with Crippen LogP contribution in [-0.2, 0) is 9.59 Å². The summed E-state index contributed by atoms with van der Waals surface area (Å²) >= 11 is 0. The van der Waals surface area contributed by atoms with Gasteiger partial charge in [-0.05, 0) is 42.9 Å². The predicted octanol–water partition coefficient (Wildman–Crippen LogP) is 3.29. The fourth-order valence-electron chi connectivity index (χ4n) is 2.80. The molecular formula is C16H21NO2. The van der Waals surface area contributed by atoms with Crippen LogP contribution in [0.15, 0.2) is 24.5 Å². The molecule has 3 nitrogen and oxygen atoms in total. The normalized spacial score (nSPS) is 23.3. The number of unbranched alkanes of at least 4 members (excludes halogenated alkanes) is 1. The van der Waals surface area contributed by atoms with Crippen LogP contribution >= 0.6 is 0 Å². The van der Waals surface area contributed by atoms with Gasteiger partial charge >= 0.3 is 0 Å². The Morgan fingerprint density at radius 3 is 2.79 bits per heavy atom. The van der Waals surface area contributed by atoms with Crippen LogP contribution in [-0.4, -0.2) is 16.6 Å². The number of carbonyl (C=O) groups is 2. The highest BCUT2D eigenvalue weighted by atomic mass is 16.1. The molecule has 102 valence electrons. The van der Waals surface area contributed by atoms with Gasteiger partial charge in [-0.3, -0.25) is 14.6 Å². The summed E-state index contributed by atoms with van der Waals surface area (Å²) in [6.45, 7) is 2.07. The van der Waals surface area contributed by atoms with E-state index in [1.807, 2.05) is 12.1 Å². The first kappa shape index (κ1) is 13.9. The topological polar surface area (TPSA) is 47.0 Å². The summed E-state index contributed by atoms with van der Waals surface area (Å²) in [6, 6.07) is 3.99. The minimum Gasteiger partial charge on any atom is -0.299 e. The molecule has 1 aliphatic carbocycles. The molecule has 0 aromatic carbocycles. The maximum atomic E-state index is 12.1. The lowest BCUT2D eigenvalue weighted by Crippen LogP contribution is -2.30. The number of carbonyl (C=O) groups excluding carboxylic acids is 2. The van der Waals surface area contributed by atoms with Crippen molar-refractivity contribution in [1.29, 1.82) is 0 Å². The molecule has 1 fully saturated rings. The Morgan fingerprint density at radius 2 is 2.11 bits per heavy atom. The van der Waals surface area contributed by atoms with Crippen LogP contribution in [0.4, 0.5) is 0 Å². The van der Waals surface area contributed by atoms with Crippen LogP contribution in [0.25, 0.3) is 0 Å². The first-order valence-corrected chi connectivity index (χ1v) is 7.17. The highest BCUT2D eigenvalue weighted by molar-refractivity contribution is 6.02. The Balaban J connectivity index is 2.04. The summed E-state index contributed by atoms with van der Waals surface area (Å²) in [5, 5.41) is 0. The van der Waals surface area contributed by atoms with Gasteiger partial charge in [0, 0.05) is 25.2 Å². The largest absolute Gasteiger partial charge is 0.299 e. The van der Waals surface area contributed by atoms with Crippen molar-refractivity contribution in [3.05, 3.63) is 30.1 Å². The van der Waals surface area contributed by atoms with Gasteiger partial charge in [-0.25, -0.2) is 0 Å². The lowest BCUT2D eigenvalue weighted by atomic mass is 9.75. The van der Waals surface area contributed by atoms with Crippen molar-refractivity contribution in [3.63, 3.8) is 0 Å². The summed E-state index contributed by atoms with van der Waals surface area (Å²) in [4.78, 5) is 28.1. The molecule has 2 rings (SSSR count). The summed E-state index contributed by atoms with van der Waals surface area (Å²) in [7, 11) is 0. The molecule has 0 bridgehead atoms. The van der Waals surface area contributed by atoms with E-state index in [0.717, 1.165) is 19.3 Å². The second-order valence-electron chi connectivity index (χ2n) is 5.34. The predicted molar refractivity (Wildman–Crippen MR) is 73.9 cm³/mol. The molecule has 1 aromatic heterocycles. The average molecular weight is 259 g/mol. The Hall–Kier alpha value is -1.51. The second kappa shape index (κ2) is 6.60. The number of pyridine rings is 1. The third-order valence-corrected chi connectivity index (χ3v) is 3.99. The maximum absolute atomic E-state index is 12.1. The standard InChI is InChI=1S/C16H21NO2/c1-2-3-4-15(18)14-11-13(5-6-16(14)19)12-7-9-17-10-8-12/h7-10,13-14H,2-6,11H2,1H3. The molecule has 1 heterocycles. The molecule has 2 unspecified atom stereocenters. The van der Waals surface area contributed by atoms with Crippen LogP contribution in [0, 0.1) is 5.92 Å². The van der Waals surface area contributed by atoms with Gasteiger partial charge in [0.15, 0.2) is 0 Å². The van der Waals surface area contributed by atoms with Gasteiger partial charge in [0.2, 0.25) is 0 Å². The van der Waals surface area contributed by atoms with Crippen molar-refractivity contribution >= 4 is 11.6 Å². The van der Waals surface area contributed by atoms with E-state index < -0.39 is 0 Å². The first-order chi connectivity index (χ1) is 9.22. The number of hydrogen-bond acceptors (Lipinski definition) is 3. The monoisotopic (exact) mass is 259 g/mol. The van der Waals surface area contributed by atoms with Crippen molar-refractivity contribution in [2.75, 3.05) is 0 Å². The number of ketones is 2. The number of nitrogens with zero attached hydrogens (tertiary/aromatic N) is 1. The molecule has 1 aliphatic rings. The van der Waals surface area contributed by atoms with Gasteiger partial charge < -0.3 is 0 Å². The van der Waals surface area contributed by atoms with E-state index in [2.05, 4.69) is 11.9 Å². The minimum absolute atomic E-state index is 0.144. The Bertz CT molecular complexity index is 441. The van der Waals surface area contributed by atoms with E-state index in [1.165, 1.54) is 5.56 Å². The van der Waals surface area contributed by atoms with Gasteiger partial charge in [0.1, 0.15) is 11.6 Å². The summed E-state index contributed by atoms with van der Waals surface area (Å²) < 4.78 is 0. The molecular weight excluding hydrogens is 238 g/mol. The number of aromatic nitrogens is 1. The lowest BCUT2D eigenvalue weighted by molar-refractivity contribution is -0.134. The van der Waals surface area contributed by atoms with Crippen molar-refractivity contribution < 1.29 is 9.59 Å². The molecule has 0 radical (unpaired) electrons. The molecule has 0 spiro atoms. The zero-order valence-corrected chi connectivity index (χ0v) is 11.5. The molecule has 3 heteroatoms.